The Bertz CT molecular complexity index is 452. The molecule has 0 saturated carbocycles. The summed E-state index contributed by atoms with van der Waals surface area (Å²) in [6, 6.07) is 0. The van der Waals surface area contributed by atoms with Gasteiger partial charge in [0.15, 0.2) is 0 Å². The zero-order valence-electron chi connectivity index (χ0n) is 11.5. The summed E-state index contributed by atoms with van der Waals surface area (Å²) in [6.07, 6.45) is 0. The summed E-state index contributed by atoms with van der Waals surface area (Å²) in [7, 11) is 0. The third-order valence-electron chi connectivity index (χ3n) is 4.22. The van der Waals surface area contributed by atoms with E-state index in [-0.39, 0.29) is 5.91 Å². The number of aromatic amines is 1. The number of aromatic nitrogens is 2. The van der Waals surface area contributed by atoms with Crippen molar-refractivity contribution in [2.75, 3.05) is 38.0 Å². The Morgan fingerprint density at radius 3 is 2.63 bits per heavy atom. The average molecular weight is 263 g/mol. The predicted octanol–water partition coefficient (Wildman–Crippen LogP) is 0.116. The van der Waals surface area contributed by atoms with Crippen LogP contribution in [0.2, 0.25) is 0 Å². The largest absolute Gasteiger partial charge is 0.322 e. The van der Waals surface area contributed by atoms with Gasteiger partial charge in [-0.1, -0.05) is 0 Å². The van der Waals surface area contributed by atoms with Crippen LogP contribution in [-0.2, 0) is 4.79 Å². The summed E-state index contributed by atoms with van der Waals surface area (Å²) in [5.74, 6) is 1.51. The molecular weight excluding hydrogens is 242 g/mol. The highest BCUT2D eigenvalue weighted by molar-refractivity contribution is 5.93. The second-order valence-corrected chi connectivity index (χ2v) is 5.73. The molecule has 2 aliphatic heterocycles. The lowest BCUT2D eigenvalue weighted by Gasteiger charge is -2.16. The molecule has 1 aromatic heterocycles. The average Bonchev–Trinajstić information content (AvgIpc) is 2.99. The number of likely N-dealkylation sites (tertiary alicyclic amines) is 1. The van der Waals surface area contributed by atoms with Crippen LogP contribution in [0.1, 0.15) is 11.4 Å². The van der Waals surface area contributed by atoms with Crippen LogP contribution in [0.15, 0.2) is 0 Å². The highest BCUT2D eigenvalue weighted by atomic mass is 16.2. The highest BCUT2D eigenvalue weighted by Gasteiger charge is 2.36. The molecule has 3 N–H and O–H groups in total. The van der Waals surface area contributed by atoms with Crippen LogP contribution in [0, 0.1) is 25.7 Å². The van der Waals surface area contributed by atoms with Gasteiger partial charge in [-0.25, -0.2) is 0 Å². The minimum atomic E-state index is 0.0560. The number of fused-ring (bicyclic) bond motifs is 1. The summed E-state index contributed by atoms with van der Waals surface area (Å²) >= 11 is 0. The SMILES string of the molecule is Cc1n[nH]c(C)c1NC(=O)CN1CC2CNCC2C1. The molecule has 6 heteroatoms. The third-order valence-corrected chi connectivity index (χ3v) is 4.22. The maximum Gasteiger partial charge on any atom is 0.238 e. The standard InChI is InChI=1S/C13H21N5O/c1-8-13(9(2)17-16-8)15-12(19)7-18-5-10-3-14-4-11(10)6-18/h10-11,14H,3-7H2,1-2H3,(H,15,19)(H,16,17). The summed E-state index contributed by atoms with van der Waals surface area (Å²) in [4.78, 5) is 14.3. The smallest absolute Gasteiger partial charge is 0.238 e. The number of nitrogens with one attached hydrogen (secondary N) is 3. The number of hydrogen-bond acceptors (Lipinski definition) is 4. The number of nitrogens with zero attached hydrogens (tertiary/aromatic N) is 2. The molecule has 0 bridgehead atoms. The van der Waals surface area contributed by atoms with Gasteiger partial charge < -0.3 is 10.6 Å². The molecule has 104 valence electrons. The Hall–Kier alpha value is -1.40. The number of carbonyl (C=O) groups excluding carboxylic acids is 1. The summed E-state index contributed by atoms with van der Waals surface area (Å²) < 4.78 is 0. The van der Waals surface area contributed by atoms with E-state index >= 15 is 0 Å². The predicted molar refractivity (Wildman–Crippen MR) is 73.0 cm³/mol. The molecule has 0 aliphatic carbocycles. The number of carbonyl (C=O) groups is 1. The molecular formula is C13H21N5O. The molecule has 2 unspecified atom stereocenters. The van der Waals surface area contributed by atoms with Gasteiger partial charge in [-0.2, -0.15) is 5.10 Å². The third kappa shape index (κ3) is 2.50. The molecule has 1 amide bonds. The molecule has 1 aromatic rings. The number of aryl methyl sites for hydroxylation is 2. The van der Waals surface area contributed by atoms with Gasteiger partial charge in [0.2, 0.25) is 5.91 Å². The van der Waals surface area contributed by atoms with Crippen LogP contribution in [0.25, 0.3) is 0 Å². The minimum absolute atomic E-state index is 0.0560. The lowest BCUT2D eigenvalue weighted by molar-refractivity contribution is -0.117. The van der Waals surface area contributed by atoms with Gasteiger partial charge in [-0.3, -0.25) is 14.8 Å². The van der Waals surface area contributed by atoms with Crippen LogP contribution < -0.4 is 10.6 Å². The normalized spacial score (nSPS) is 26.6. The first-order valence-electron chi connectivity index (χ1n) is 6.88. The number of amides is 1. The first-order valence-corrected chi connectivity index (χ1v) is 6.88. The van der Waals surface area contributed by atoms with Gasteiger partial charge in [-0.15, -0.1) is 0 Å². The van der Waals surface area contributed by atoms with Crippen molar-refractivity contribution in [2.24, 2.45) is 11.8 Å². The summed E-state index contributed by atoms with van der Waals surface area (Å²) in [5.41, 5.74) is 2.58. The lowest BCUT2D eigenvalue weighted by atomic mass is 10.0. The van der Waals surface area contributed by atoms with Gasteiger partial charge in [-0.05, 0) is 38.8 Å². The topological polar surface area (TPSA) is 73.0 Å². The zero-order valence-corrected chi connectivity index (χ0v) is 11.5. The van der Waals surface area contributed by atoms with Crippen molar-refractivity contribution in [3.8, 4) is 0 Å². The summed E-state index contributed by atoms with van der Waals surface area (Å²) in [5, 5.41) is 13.3. The first kappa shape index (κ1) is 12.6. The maximum atomic E-state index is 12.1. The van der Waals surface area contributed by atoms with Crippen LogP contribution in [0.3, 0.4) is 0 Å². The molecule has 3 heterocycles. The fraction of sp³-hybridized carbons (Fsp3) is 0.692. The van der Waals surface area contributed by atoms with Crippen molar-refractivity contribution < 1.29 is 4.79 Å². The first-order chi connectivity index (χ1) is 9.13. The molecule has 19 heavy (non-hydrogen) atoms. The van der Waals surface area contributed by atoms with E-state index in [1.165, 1.54) is 0 Å². The molecule has 2 fully saturated rings. The van der Waals surface area contributed by atoms with Crippen molar-refractivity contribution in [2.45, 2.75) is 13.8 Å². The van der Waals surface area contributed by atoms with Crippen LogP contribution in [0.4, 0.5) is 5.69 Å². The van der Waals surface area contributed by atoms with Crippen molar-refractivity contribution in [3.63, 3.8) is 0 Å². The highest BCUT2D eigenvalue weighted by Crippen LogP contribution is 2.26. The zero-order chi connectivity index (χ0) is 13.4. The number of anilines is 1. The van der Waals surface area contributed by atoms with Crippen molar-refractivity contribution in [3.05, 3.63) is 11.4 Å². The molecule has 2 aliphatic rings. The second kappa shape index (κ2) is 4.94. The van der Waals surface area contributed by atoms with Crippen molar-refractivity contribution in [1.29, 1.82) is 0 Å². The monoisotopic (exact) mass is 263 g/mol. The van der Waals surface area contributed by atoms with Crippen molar-refractivity contribution in [1.82, 2.24) is 20.4 Å². The molecule has 0 radical (unpaired) electrons. The minimum Gasteiger partial charge on any atom is -0.322 e. The number of H-pyrrole nitrogens is 1. The number of rotatable bonds is 3. The maximum absolute atomic E-state index is 12.1. The van der Waals surface area contributed by atoms with E-state index in [4.69, 9.17) is 0 Å². The van der Waals surface area contributed by atoms with E-state index in [1.54, 1.807) is 0 Å². The van der Waals surface area contributed by atoms with E-state index in [0.29, 0.717) is 6.54 Å². The summed E-state index contributed by atoms with van der Waals surface area (Å²) in [6.45, 7) is 8.57. The Morgan fingerprint density at radius 2 is 2.05 bits per heavy atom. The van der Waals surface area contributed by atoms with E-state index in [2.05, 4.69) is 25.7 Å². The fourth-order valence-electron chi connectivity index (χ4n) is 3.20. The van der Waals surface area contributed by atoms with E-state index in [9.17, 15) is 4.79 Å². The Balaban J connectivity index is 1.55. The van der Waals surface area contributed by atoms with E-state index < -0.39 is 0 Å². The quantitative estimate of drug-likeness (QED) is 0.724. The molecule has 2 atom stereocenters. The van der Waals surface area contributed by atoms with E-state index in [1.807, 2.05) is 13.8 Å². The van der Waals surface area contributed by atoms with Crippen molar-refractivity contribution >= 4 is 11.6 Å². The Kier molecular flexibility index (Phi) is 3.28. The fourth-order valence-corrected chi connectivity index (χ4v) is 3.20. The van der Waals surface area contributed by atoms with Crippen LogP contribution in [-0.4, -0.2) is 53.7 Å². The number of hydrogen-bond donors (Lipinski definition) is 3. The van der Waals surface area contributed by atoms with Gasteiger partial charge in [0.25, 0.3) is 0 Å². The molecule has 6 nitrogen and oxygen atoms in total. The van der Waals surface area contributed by atoms with Gasteiger partial charge >= 0.3 is 0 Å². The Morgan fingerprint density at radius 1 is 1.37 bits per heavy atom. The molecule has 0 aromatic carbocycles. The Labute approximate surface area is 112 Å². The van der Waals surface area contributed by atoms with Gasteiger partial charge in [0.1, 0.15) is 0 Å². The van der Waals surface area contributed by atoms with Gasteiger partial charge in [0, 0.05) is 13.1 Å². The van der Waals surface area contributed by atoms with Crippen LogP contribution in [0.5, 0.6) is 0 Å². The van der Waals surface area contributed by atoms with Crippen LogP contribution >= 0.6 is 0 Å². The second-order valence-electron chi connectivity index (χ2n) is 5.73. The molecule has 2 saturated heterocycles. The molecule has 3 rings (SSSR count). The van der Waals surface area contributed by atoms with E-state index in [0.717, 1.165) is 55.1 Å². The molecule has 0 spiro atoms. The van der Waals surface area contributed by atoms with Gasteiger partial charge in [0.05, 0.1) is 23.6 Å². The lowest BCUT2D eigenvalue weighted by Crippen LogP contribution is -2.33.